The zero-order chi connectivity index (χ0) is 17.1. The summed E-state index contributed by atoms with van der Waals surface area (Å²) in [6.45, 7) is 2.28. The SMILES string of the molecule is O=C(c1ccc(OCC2CC2)nc1)N1CCCCC1Cn1cccn1. The Labute approximate surface area is 147 Å². The minimum atomic E-state index is 0.0538. The second-order valence-electron chi connectivity index (χ2n) is 7.02. The van der Waals surface area contributed by atoms with Crippen molar-refractivity contribution in [2.75, 3.05) is 13.2 Å². The number of carbonyl (C=O) groups is 1. The van der Waals surface area contributed by atoms with Gasteiger partial charge in [0.25, 0.3) is 5.91 Å². The highest BCUT2D eigenvalue weighted by Crippen LogP contribution is 2.29. The molecule has 6 nitrogen and oxygen atoms in total. The van der Waals surface area contributed by atoms with E-state index in [1.807, 2.05) is 34.0 Å². The van der Waals surface area contributed by atoms with Crippen LogP contribution in [0, 0.1) is 5.92 Å². The van der Waals surface area contributed by atoms with Gasteiger partial charge in [-0.05, 0) is 50.2 Å². The maximum Gasteiger partial charge on any atom is 0.255 e. The summed E-state index contributed by atoms with van der Waals surface area (Å²) < 4.78 is 7.56. The Morgan fingerprint density at radius 1 is 1.24 bits per heavy atom. The van der Waals surface area contributed by atoms with Crippen molar-refractivity contribution in [1.29, 1.82) is 0 Å². The lowest BCUT2D eigenvalue weighted by atomic mass is 10.0. The molecule has 2 aromatic rings. The Hall–Kier alpha value is -2.37. The fourth-order valence-corrected chi connectivity index (χ4v) is 3.33. The number of rotatable bonds is 6. The van der Waals surface area contributed by atoms with Gasteiger partial charge < -0.3 is 9.64 Å². The van der Waals surface area contributed by atoms with Gasteiger partial charge in [-0.25, -0.2) is 4.98 Å². The Morgan fingerprint density at radius 2 is 2.16 bits per heavy atom. The van der Waals surface area contributed by atoms with Gasteiger partial charge in [0.15, 0.2) is 0 Å². The van der Waals surface area contributed by atoms with Crippen LogP contribution in [0.1, 0.15) is 42.5 Å². The molecule has 6 heteroatoms. The third-order valence-electron chi connectivity index (χ3n) is 4.99. The number of hydrogen-bond acceptors (Lipinski definition) is 4. The molecule has 4 rings (SSSR count). The summed E-state index contributed by atoms with van der Waals surface area (Å²) in [5.74, 6) is 1.35. The molecular formula is C19H24N4O2. The second-order valence-corrected chi connectivity index (χ2v) is 7.02. The fraction of sp³-hybridized carbons (Fsp3) is 0.526. The van der Waals surface area contributed by atoms with Crippen LogP contribution in [-0.2, 0) is 6.54 Å². The molecule has 1 saturated heterocycles. The van der Waals surface area contributed by atoms with E-state index in [1.165, 1.54) is 12.8 Å². The number of pyridine rings is 1. The summed E-state index contributed by atoms with van der Waals surface area (Å²) in [5, 5.41) is 4.28. The van der Waals surface area contributed by atoms with E-state index >= 15 is 0 Å². The topological polar surface area (TPSA) is 60.2 Å². The monoisotopic (exact) mass is 340 g/mol. The van der Waals surface area contributed by atoms with Crippen LogP contribution in [0.3, 0.4) is 0 Å². The van der Waals surface area contributed by atoms with Gasteiger partial charge >= 0.3 is 0 Å². The summed E-state index contributed by atoms with van der Waals surface area (Å²) in [6, 6.07) is 5.74. The molecule has 1 unspecified atom stereocenters. The molecule has 0 radical (unpaired) electrons. The molecule has 1 atom stereocenters. The Balaban J connectivity index is 1.41. The standard InChI is InChI=1S/C19H24N4O2/c24-19(16-7-8-18(20-12-16)25-14-15-5-6-15)23-11-2-1-4-17(23)13-22-10-3-9-21-22/h3,7-10,12,15,17H,1-2,4-6,11,13-14H2. The van der Waals surface area contributed by atoms with Gasteiger partial charge in [-0.3, -0.25) is 9.48 Å². The van der Waals surface area contributed by atoms with Crippen LogP contribution in [0.4, 0.5) is 0 Å². The normalized spacial score (nSPS) is 20.5. The molecule has 2 aliphatic rings. The van der Waals surface area contributed by atoms with Crippen molar-refractivity contribution in [3.8, 4) is 5.88 Å². The second kappa shape index (κ2) is 7.25. The molecule has 0 bridgehead atoms. The van der Waals surface area contributed by atoms with Gasteiger partial charge in [0, 0.05) is 31.2 Å². The van der Waals surface area contributed by atoms with Crippen molar-refractivity contribution >= 4 is 5.91 Å². The number of piperidine rings is 1. The quantitative estimate of drug-likeness (QED) is 0.811. The lowest BCUT2D eigenvalue weighted by Crippen LogP contribution is -2.46. The minimum Gasteiger partial charge on any atom is -0.477 e. The van der Waals surface area contributed by atoms with E-state index in [0.29, 0.717) is 17.4 Å². The summed E-state index contributed by atoms with van der Waals surface area (Å²) >= 11 is 0. The van der Waals surface area contributed by atoms with Crippen LogP contribution < -0.4 is 4.74 Å². The van der Waals surface area contributed by atoms with E-state index < -0.39 is 0 Å². The first-order valence-electron chi connectivity index (χ1n) is 9.17. The summed E-state index contributed by atoms with van der Waals surface area (Å²) in [6.07, 6.45) is 11.1. The molecule has 1 saturated carbocycles. The van der Waals surface area contributed by atoms with E-state index in [2.05, 4.69) is 10.1 Å². The number of aromatic nitrogens is 3. The van der Waals surface area contributed by atoms with Crippen molar-refractivity contribution in [3.05, 3.63) is 42.4 Å². The first-order chi connectivity index (χ1) is 12.3. The molecule has 0 aromatic carbocycles. The summed E-state index contributed by atoms with van der Waals surface area (Å²) in [7, 11) is 0. The third kappa shape index (κ3) is 4.00. The van der Waals surface area contributed by atoms with Crippen molar-refractivity contribution in [1.82, 2.24) is 19.7 Å². The van der Waals surface area contributed by atoms with Gasteiger partial charge in [-0.2, -0.15) is 5.10 Å². The molecular weight excluding hydrogens is 316 g/mol. The van der Waals surface area contributed by atoms with Gasteiger partial charge in [-0.15, -0.1) is 0 Å². The van der Waals surface area contributed by atoms with Crippen molar-refractivity contribution in [3.63, 3.8) is 0 Å². The van der Waals surface area contributed by atoms with Crippen LogP contribution in [0.2, 0.25) is 0 Å². The molecule has 1 aliphatic heterocycles. The lowest BCUT2D eigenvalue weighted by Gasteiger charge is -2.35. The van der Waals surface area contributed by atoms with E-state index in [4.69, 9.17) is 4.74 Å². The minimum absolute atomic E-state index is 0.0538. The molecule has 1 amide bonds. The summed E-state index contributed by atoms with van der Waals surface area (Å²) in [5.41, 5.74) is 0.631. The Bertz CT molecular complexity index is 695. The average molecular weight is 340 g/mol. The molecule has 3 heterocycles. The largest absolute Gasteiger partial charge is 0.477 e. The Kier molecular flexibility index (Phi) is 4.68. The molecule has 0 N–H and O–H groups in total. The molecule has 132 valence electrons. The summed E-state index contributed by atoms with van der Waals surface area (Å²) in [4.78, 5) is 19.2. The molecule has 2 aromatic heterocycles. The number of ether oxygens (including phenoxy) is 1. The van der Waals surface area contributed by atoms with E-state index in [9.17, 15) is 4.79 Å². The van der Waals surface area contributed by atoms with Crippen LogP contribution >= 0.6 is 0 Å². The number of hydrogen-bond donors (Lipinski definition) is 0. The van der Waals surface area contributed by atoms with Crippen LogP contribution in [0.5, 0.6) is 5.88 Å². The lowest BCUT2D eigenvalue weighted by molar-refractivity contribution is 0.0583. The van der Waals surface area contributed by atoms with E-state index in [-0.39, 0.29) is 11.9 Å². The maximum atomic E-state index is 12.9. The van der Waals surface area contributed by atoms with Crippen molar-refractivity contribution in [2.45, 2.75) is 44.7 Å². The third-order valence-corrected chi connectivity index (χ3v) is 4.99. The maximum absolute atomic E-state index is 12.9. The highest BCUT2D eigenvalue weighted by Gasteiger charge is 2.28. The molecule has 25 heavy (non-hydrogen) atoms. The highest BCUT2D eigenvalue weighted by molar-refractivity contribution is 5.94. The predicted octanol–water partition coefficient (Wildman–Crippen LogP) is 2.76. The number of carbonyl (C=O) groups excluding carboxylic acids is 1. The highest BCUT2D eigenvalue weighted by atomic mass is 16.5. The van der Waals surface area contributed by atoms with Crippen LogP contribution in [-0.4, -0.2) is 44.8 Å². The van der Waals surface area contributed by atoms with E-state index in [0.717, 1.165) is 39.0 Å². The molecule has 2 fully saturated rings. The molecule has 0 spiro atoms. The van der Waals surface area contributed by atoms with Gasteiger partial charge in [0.2, 0.25) is 5.88 Å². The number of nitrogens with zero attached hydrogens (tertiary/aromatic N) is 4. The Morgan fingerprint density at radius 3 is 2.88 bits per heavy atom. The first kappa shape index (κ1) is 16.1. The predicted molar refractivity (Wildman–Crippen MR) is 93.4 cm³/mol. The smallest absolute Gasteiger partial charge is 0.255 e. The fourth-order valence-electron chi connectivity index (χ4n) is 3.33. The van der Waals surface area contributed by atoms with Gasteiger partial charge in [0.05, 0.1) is 24.8 Å². The number of likely N-dealkylation sites (tertiary alicyclic amines) is 1. The van der Waals surface area contributed by atoms with E-state index in [1.54, 1.807) is 12.4 Å². The van der Waals surface area contributed by atoms with Crippen LogP contribution in [0.15, 0.2) is 36.8 Å². The zero-order valence-corrected chi connectivity index (χ0v) is 14.4. The van der Waals surface area contributed by atoms with Crippen molar-refractivity contribution in [2.24, 2.45) is 5.92 Å². The first-order valence-corrected chi connectivity index (χ1v) is 9.17. The molecule has 1 aliphatic carbocycles. The number of amides is 1. The van der Waals surface area contributed by atoms with Crippen LogP contribution in [0.25, 0.3) is 0 Å². The van der Waals surface area contributed by atoms with Crippen molar-refractivity contribution < 1.29 is 9.53 Å². The van der Waals surface area contributed by atoms with Gasteiger partial charge in [0.1, 0.15) is 0 Å². The van der Waals surface area contributed by atoms with Gasteiger partial charge in [-0.1, -0.05) is 0 Å². The zero-order valence-electron chi connectivity index (χ0n) is 14.4. The average Bonchev–Trinajstić information content (AvgIpc) is 3.35.